The van der Waals surface area contributed by atoms with Crippen LogP contribution >= 0.6 is 34.7 Å². The molecule has 0 spiro atoms. The molecule has 1 saturated heterocycles. The molecule has 2 aromatic rings. The first-order chi connectivity index (χ1) is 8.31. The molecule has 0 radical (unpaired) electrons. The average Bonchev–Trinajstić information content (AvgIpc) is 2.71. The molecule has 1 unspecified atom stereocenters. The number of rotatable bonds is 2. The number of fused-ring (bicyclic) bond motifs is 1. The largest absolute Gasteiger partial charge is 0.312 e. The van der Waals surface area contributed by atoms with Gasteiger partial charge in [0.15, 0.2) is 0 Å². The maximum atomic E-state index is 5.97. The first-order valence-corrected chi connectivity index (χ1v) is 8.02. The maximum Gasteiger partial charge on any atom is 0.0954 e. The van der Waals surface area contributed by atoms with Crippen LogP contribution in [0.25, 0.3) is 10.2 Å². The molecule has 17 heavy (non-hydrogen) atoms. The van der Waals surface area contributed by atoms with Gasteiger partial charge in [-0.25, -0.2) is 4.98 Å². The molecule has 1 aromatic heterocycles. The topological polar surface area (TPSA) is 24.9 Å². The Morgan fingerprint density at radius 2 is 2.41 bits per heavy atom. The van der Waals surface area contributed by atoms with Gasteiger partial charge in [-0.05, 0) is 18.2 Å². The molecule has 1 atom stereocenters. The molecular weight excluding hydrogens is 272 g/mol. The lowest BCUT2D eigenvalue weighted by atomic mass is 10.2. The summed E-state index contributed by atoms with van der Waals surface area (Å²) in [5, 5.41) is 5.52. The molecule has 0 saturated carbocycles. The van der Waals surface area contributed by atoms with Crippen LogP contribution < -0.4 is 5.32 Å². The zero-order valence-corrected chi connectivity index (χ0v) is 11.7. The second-order valence-electron chi connectivity index (χ2n) is 4.15. The van der Waals surface area contributed by atoms with Crippen LogP contribution in [-0.4, -0.2) is 29.1 Å². The van der Waals surface area contributed by atoms with E-state index in [4.69, 9.17) is 11.6 Å². The van der Waals surface area contributed by atoms with Gasteiger partial charge in [-0.15, -0.1) is 11.3 Å². The molecule has 2 heterocycles. The van der Waals surface area contributed by atoms with E-state index < -0.39 is 0 Å². The minimum Gasteiger partial charge on any atom is -0.312 e. The van der Waals surface area contributed by atoms with Gasteiger partial charge in [0.05, 0.1) is 15.2 Å². The zero-order valence-electron chi connectivity index (χ0n) is 9.28. The Kier molecular flexibility index (Phi) is 3.56. The van der Waals surface area contributed by atoms with E-state index in [1.807, 2.05) is 23.9 Å². The van der Waals surface area contributed by atoms with Gasteiger partial charge in [0.2, 0.25) is 0 Å². The number of thiazole rings is 1. The van der Waals surface area contributed by atoms with Crippen molar-refractivity contribution in [2.45, 2.75) is 12.5 Å². The summed E-state index contributed by atoms with van der Waals surface area (Å²) < 4.78 is 1.23. The van der Waals surface area contributed by atoms with Crippen LogP contribution in [0.3, 0.4) is 0 Å². The smallest absolute Gasteiger partial charge is 0.0954 e. The Morgan fingerprint density at radius 1 is 1.47 bits per heavy atom. The molecule has 1 aromatic carbocycles. The fourth-order valence-electron chi connectivity index (χ4n) is 2.00. The van der Waals surface area contributed by atoms with E-state index in [1.165, 1.54) is 21.2 Å². The van der Waals surface area contributed by atoms with Crippen molar-refractivity contribution < 1.29 is 0 Å². The summed E-state index contributed by atoms with van der Waals surface area (Å²) in [7, 11) is 0. The summed E-state index contributed by atoms with van der Waals surface area (Å²) >= 11 is 9.77. The van der Waals surface area contributed by atoms with E-state index in [2.05, 4.69) is 16.4 Å². The molecule has 1 aliphatic rings. The summed E-state index contributed by atoms with van der Waals surface area (Å²) in [6.45, 7) is 1.12. The van der Waals surface area contributed by atoms with Crippen molar-refractivity contribution in [1.29, 1.82) is 0 Å². The third-order valence-electron chi connectivity index (χ3n) is 2.81. The summed E-state index contributed by atoms with van der Waals surface area (Å²) in [6.07, 6.45) is 1.03. The summed E-state index contributed by atoms with van der Waals surface area (Å²) in [6, 6.07) is 6.51. The Morgan fingerprint density at radius 3 is 3.24 bits per heavy atom. The van der Waals surface area contributed by atoms with Crippen LogP contribution in [0.1, 0.15) is 5.01 Å². The number of nitrogens with zero attached hydrogens (tertiary/aromatic N) is 1. The van der Waals surface area contributed by atoms with Crippen molar-refractivity contribution >= 4 is 44.9 Å². The van der Waals surface area contributed by atoms with Crippen LogP contribution in [0.5, 0.6) is 0 Å². The minimum atomic E-state index is 0.574. The fraction of sp³-hybridized carbons (Fsp3) is 0.417. The lowest BCUT2D eigenvalue weighted by Gasteiger charge is -2.21. The molecule has 2 nitrogen and oxygen atoms in total. The highest BCUT2D eigenvalue weighted by molar-refractivity contribution is 7.99. The number of halogens is 1. The molecule has 3 rings (SSSR count). The normalized spacial score (nSPS) is 20.9. The van der Waals surface area contributed by atoms with E-state index in [0.29, 0.717) is 6.04 Å². The molecule has 1 aliphatic heterocycles. The molecule has 1 fully saturated rings. The van der Waals surface area contributed by atoms with E-state index >= 15 is 0 Å². The van der Waals surface area contributed by atoms with Gasteiger partial charge >= 0.3 is 0 Å². The van der Waals surface area contributed by atoms with E-state index in [-0.39, 0.29) is 0 Å². The fourth-order valence-corrected chi connectivity index (χ4v) is 4.14. The number of hydrogen-bond donors (Lipinski definition) is 1. The average molecular weight is 285 g/mol. The standard InChI is InChI=1S/C12H13ClN2S2/c13-8-1-2-11-10(5-8)15-12(17-11)6-9-7-16-4-3-14-9/h1-2,5,9,14H,3-4,6-7H2. The van der Waals surface area contributed by atoms with Gasteiger partial charge < -0.3 is 5.32 Å². The van der Waals surface area contributed by atoms with Crippen LogP contribution in [-0.2, 0) is 6.42 Å². The van der Waals surface area contributed by atoms with Crippen molar-refractivity contribution in [3.05, 3.63) is 28.2 Å². The van der Waals surface area contributed by atoms with Crippen molar-refractivity contribution in [3.63, 3.8) is 0 Å². The van der Waals surface area contributed by atoms with E-state index in [0.717, 1.165) is 23.5 Å². The first-order valence-electron chi connectivity index (χ1n) is 5.67. The zero-order chi connectivity index (χ0) is 11.7. The van der Waals surface area contributed by atoms with Crippen LogP contribution in [0, 0.1) is 0 Å². The lowest BCUT2D eigenvalue weighted by molar-refractivity contribution is 0.562. The summed E-state index contributed by atoms with van der Waals surface area (Å²) in [4.78, 5) is 4.65. The number of benzene rings is 1. The predicted octanol–water partition coefficient (Wildman–Crippen LogP) is 3.20. The van der Waals surface area contributed by atoms with Crippen LogP contribution in [0.15, 0.2) is 18.2 Å². The van der Waals surface area contributed by atoms with Crippen molar-refractivity contribution in [2.75, 3.05) is 18.1 Å². The van der Waals surface area contributed by atoms with E-state index in [1.54, 1.807) is 11.3 Å². The van der Waals surface area contributed by atoms with Crippen molar-refractivity contribution in [3.8, 4) is 0 Å². The van der Waals surface area contributed by atoms with Gasteiger partial charge in [-0.2, -0.15) is 11.8 Å². The molecule has 0 aliphatic carbocycles. The predicted molar refractivity (Wildman–Crippen MR) is 77.4 cm³/mol. The summed E-state index contributed by atoms with van der Waals surface area (Å²) in [5.74, 6) is 2.42. The Balaban J connectivity index is 1.80. The van der Waals surface area contributed by atoms with Crippen molar-refractivity contribution in [2.24, 2.45) is 0 Å². The van der Waals surface area contributed by atoms with Gasteiger partial charge in [0.1, 0.15) is 0 Å². The molecule has 90 valence electrons. The molecular formula is C12H13ClN2S2. The Hall–Kier alpha value is -0.290. The maximum absolute atomic E-state index is 5.97. The molecule has 5 heteroatoms. The highest BCUT2D eigenvalue weighted by Gasteiger charge is 2.15. The molecule has 0 amide bonds. The summed E-state index contributed by atoms with van der Waals surface area (Å²) in [5.41, 5.74) is 1.03. The van der Waals surface area contributed by atoms with Gasteiger partial charge in [-0.1, -0.05) is 11.6 Å². The lowest BCUT2D eigenvalue weighted by Crippen LogP contribution is -2.38. The molecule has 1 N–H and O–H groups in total. The van der Waals surface area contributed by atoms with Gasteiger partial charge in [-0.3, -0.25) is 0 Å². The SMILES string of the molecule is Clc1ccc2sc(CC3CSCCN3)nc2c1. The minimum absolute atomic E-state index is 0.574. The van der Waals surface area contributed by atoms with Crippen LogP contribution in [0.4, 0.5) is 0 Å². The second-order valence-corrected chi connectivity index (χ2v) is 6.85. The Labute approximate surface area is 114 Å². The second kappa shape index (κ2) is 5.14. The monoisotopic (exact) mass is 284 g/mol. The highest BCUT2D eigenvalue weighted by Crippen LogP contribution is 2.26. The number of nitrogens with one attached hydrogen (secondary N) is 1. The molecule has 0 bridgehead atoms. The van der Waals surface area contributed by atoms with Gasteiger partial charge in [0, 0.05) is 35.5 Å². The third-order valence-corrected chi connectivity index (χ3v) is 5.24. The number of hydrogen-bond acceptors (Lipinski definition) is 4. The highest BCUT2D eigenvalue weighted by atomic mass is 35.5. The van der Waals surface area contributed by atoms with Gasteiger partial charge in [0.25, 0.3) is 0 Å². The van der Waals surface area contributed by atoms with Crippen LogP contribution in [0.2, 0.25) is 5.02 Å². The van der Waals surface area contributed by atoms with Crippen molar-refractivity contribution in [1.82, 2.24) is 10.3 Å². The van der Waals surface area contributed by atoms with E-state index in [9.17, 15) is 0 Å². The number of aromatic nitrogens is 1. The Bertz CT molecular complexity index is 520. The number of thioether (sulfide) groups is 1. The quantitative estimate of drug-likeness (QED) is 0.917. The third kappa shape index (κ3) is 2.76. The first kappa shape index (κ1) is 11.8.